The standard InChI is InChI=1S/C55H36O/c1-35-32-39-16-5-6-17-41(39)50(33-35)55-47-21-9-7-19-45(47)54(46-20-8-10-22-48(46)55)38-28-26-37(27-29-38)53-42(36-14-3-2-4-15-36)23-13-24-43(53)40-30-31-52-49(34-40)44-18-11-12-25-51(44)56-52/h2-34H,1H3. The first-order chi connectivity index (χ1) is 27.7. The van der Waals surface area contributed by atoms with Gasteiger partial charge in [0.1, 0.15) is 11.2 Å². The van der Waals surface area contributed by atoms with E-state index in [2.05, 4.69) is 195 Å². The van der Waals surface area contributed by atoms with Crippen LogP contribution in [0.5, 0.6) is 0 Å². The van der Waals surface area contributed by atoms with Crippen molar-refractivity contribution >= 4 is 54.3 Å². The van der Waals surface area contributed by atoms with Gasteiger partial charge in [0.15, 0.2) is 0 Å². The fourth-order valence-electron chi connectivity index (χ4n) is 9.06. The number of hydrogen-bond donors (Lipinski definition) is 0. The molecule has 0 radical (unpaired) electrons. The molecule has 0 spiro atoms. The monoisotopic (exact) mass is 712 g/mol. The summed E-state index contributed by atoms with van der Waals surface area (Å²) in [5, 5.41) is 9.85. The quantitative estimate of drug-likeness (QED) is 0.162. The maximum absolute atomic E-state index is 6.22. The van der Waals surface area contributed by atoms with E-state index in [1.165, 1.54) is 88.0 Å². The minimum absolute atomic E-state index is 0.904. The van der Waals surface area contributed by atoms with Gasteiger partial charge in [-0.05, 0) is 119 Å². The van der Waals surface area contributed by atoms with Gasteiger partial charge in [-0.3, -0.25) is 0 Å². The third-order valence-corrected chi connectivity index (χ3v) is 11.5. The van der Waals surface area contributed by atoms with Crippen LogP contribution in [0.3, 0.4) is 0 Å². The summed E-state index contributed by atoms with van der Waals surface area (Å²) in [4.78, 5) is 0. The van der Waals surface area contributed by atoms with E-state index >= 15 is 0 Å². The molecule has 1 nitrogen and oxygen atoms in total. The van der Waals surface area contributed by atoms with E-state index in [1.807, 2.05) is 12.1 Å². The van der Waals surface area contributed by atoms with Crippen LogP contribution in [0.25, 0.3) is 110 Å². The molecule has 0 aliphatic rings. The summed E-state index contributed by atoms with van der Waals surface area (Å²) >= 11 is 0. The first kappa shape index (κ1) is 32.2. The predicted molar refractivity (Wildman–Crippen MR) is 238 cm³/mol. The Morgan fingerprint density at radius 1 is 0.286 bits per heavy atom. The second-order valence-corrected chi connectivity index (χ2v) is 14.9. The Hall–Kier alpha value is -7.22. The Bertz CT molecular complexity index is 3240. The second-order valence-electron chi connectivity index (χ2n) is 14.9. The zero-order valence-electron chi connectivity index (χ0n) is 31.0. The van der Waals surface area contributed by atoms with Crippen molar-refractivity contribution in [1.29, 1.82) is 0 Å². The maximum atomic E-state index is 6.22. The summed E-state index contributed by atoms with van der Waals surface area (Å²) in [7, 11) is 0. The van der Waals surface area contributed by atoms with Crippen molar-refractivity contribution in [2.24, 2.45) is 0 Å². The molecule has 0 fully saturated rings. The summed E-state index contributed by atoms with van der Waals surface area (Å²) in [5.74, 6) is 0. The van der Waals surface area contributed by atoms with Crippen LogP contribution in [0.15, 0.2) is 205 Å². The molecular formula is C55H36O. The minimum Gasteiger partial charge on any atom is -0.456 e. The van der Waals surface area contributed by atoms with E-state index in [9.17, 15) is 0 Å². The second kappa shape index (κ2) is 13.0. The molecule has 10 aromatic carbocycles. The SMILES string of the molecule is Cc1cc(-c2c3ccccc3c(-c3ccc(-c4c(-c5ccccc5)cccc4-c4ccc5oc6ccccc6c5c4)cc3)c3ccccc23)c2ccccc2c1. The van der Waals surface area contributed by atoms with Gasteiger partial charge in [-0.15, -0.1) is 0 Å². The summed E-state index contributed by atoms with van der Waals surface area (Å²) in [5.41, 5.74) is 15.3. The lowest BCUT2D eigenvalue weighted by Crippen LogP contribution is -1.93. The number of aryl methyl sites for hydroxylation is 1. The Balaban J connectivity index is 1.12. The van der Waals surface area contributed by atoms with Gasteiger partial charge in [-0.1, -0.05) is 182 Å². The van der Waals surface area contributed by atoms with E-state index in [0.717, 1.165) is 27.5 Å². The molecule has 0 bridgehead atoms. The molecule has 0 amide bonds. The van der Waals surface area contributed by atoms with Crippen LogP contribution in [0, 0.1) is 6.92 Å². The van der Waals surface area contributed by atoms with Crippen molar-refractivity contribution in [3.63, 3.8) is 0 Å². The molecule has 0 saturated carbocycles. The smallest absolute Gasteiger partial charge is 0.135 e. The van der Waals surface area contributed by atoms with Gasteiger partial charge in [0.2, 0.25) is 0 Å². The Labute approximate surface area is 325 Å². The molecule has 56 heavy (non-hydrogen) atoms. The number of benzene rings is 10. The molecule has 1 aromatic heterocycles. The van der Waals surface area contributed by atoms with Crippen LogP contribution in [0.4, 0.5) is 0 Å². The number of hydrogen-bond acceptors (Lipinski definition) is 1. The lowest BCUT2D eigenvalue weighted by Gasteiger charge is -2.20. The third-order valence-electron chi connectivity index (χ3n) is 11.5. The molecule has 0 unspecified atom stereocenters. The molecule has 0 atom stereocenters. The fourth-order valence-corrected chi connectivity index (χ4v) is 9.06. The van der Waals surface area contributed by atoms with Gasteiger partial charge in [0.25, 0.3) is 0 Å². The Morgan fingerprint density at radius 3 is 1.50 bits per heavy atom. The minimum atomic E-state index is 0.904. The van der Waals surface area contributed by atoms with Crippen molar-refractivity contribution in [1.82, 2.24) is 0 Å². The van der Waals surface area contributed by atoms with Crippen LogP contribution in [0.1, 0.15) is 5.56 Å². The number of rotatable bonds is 5. The molecule has 11 aromatic rings. The van der Waals surface area contributed by atoms with Crippen molar-refractivity contribution in [2.45, 2.75) is 6.92 Å². The lowest BCUT2D eigenvalue weighted by molar-refractivity contribution is 0.669. The van der Waals surface area contributed by atoms with E-state index in [1.54, 1.807) is 0 Å². The van der Waals surface area contributed by atoms with Gasteiger partial charge in [-0.25, -0.2) is 0 Å². The van der Waals surface area contributed by atoms with Crippen molar-refractivity contribution in [2.75, 3.05) is 0 Å². The molecule has 0 aliphatic carbocycles. The van der Waals surface area contributed by atoms with Crippen LogP contribution >= 0.6 is 0 Å². The van der Waals surface area contributed by atoms with Crippen molar-refractivity contribution in [3.8, 4) is 55.6 Å². The highest BCUT2D eigenvalue weighted by Crippen LogP contribution is 2.47. The zero-order valence-corrected chi connectivity index (χ0v) is 31.0. The Kier molecular flexibility index (Phi) is 7.47. The summed E-state index contributed by atoms with van der Waals surface area (Å²) < 4.78 is 6.22. The highest BCUT2D eigenvalue weighted by Gasteiger charge is 2.20. The van der Waals surface area contributed by atoms with Crippen LogP contribution in [0.2, 0.25) is 0 Å². The van der Waals surface area contributed by atoms with Gasteiger partial charge in [0.05, 0.1) is 0 Å². The third kappa shape index (κ3) is 5.16. The molecule has 1 heteroatoms. The van der Waals surface area contributed by atoms with E-state index in [-0.39, 0.29) is 0 Å². The largest absolute Gasteiger partial charge is 0.456 e. The van der Waals surface area contributed by atoms with Crippen LogP contribution in [-0.4, -0.2) is 0 Å². The first-order valence-electron chi connectivity index (χ1n) is 19.3. The molecular weight excluding hydrogens is 677 g/mol. The van der Waals surface area contributed by atoms with Gasteiger partial charge in [0, 0.05) is 10.8 Å². The van der Waals surface area contributed by atoms with Crippen LogP contribution in [-0.2, 0) is 0 Å². The van der Waals surface area contributed by atoms with Crippen LogP contribution < -0.4 is 0 Å². The highest BCUT2D eigenvalue weighted by atomic mass is 16.3. The Morgan fingerprint density at radius 2 is 0.804 bits per heavy atom. The number of furan rings is 1. The average molecular weight is 713 g/mol. The first-order valence-corrected chi connectivity index (χ1v) is 19.3. The fraction of sp³-hybridized carbons (Fsp3) is 0.0182. The van der Waals surface area contributed by atoms with E-state index in [0.29, 0.717) is 0 Å². The molecule has 0 N–H and O–H groups in total. The summed E-state index contributed by atoms with van der Waals surface area (Å²) in [6, 6.07) is 73.0. The summed E-state index contributed by atoms with van der Waals surface area (Å²) in [6.07, 6.45) is 0. The molecule has 0 aliphatic heterocycles. The van der Waals surface area contributed by atoms with Gasteiger partial charge < -0.3 is 4.42 Å². The van der Waals surface area contributed by atoms with E-state index in [4.69, 9.17) is 4.42 Å². The van der Waals surface area contributed by atoms with Gasteiger partial charge >= 0.3 is 0 Å². The zero-order chi connectivity index (χ0) is 37.2. The van der Waals surface area contributed by atoms with Gasteiger partial charge in [-0.2, -0.15) is 0 Å². The van der Waals surface area contributed by atoms with Crippen molar-refractivity contribution < 1.29 is 4.42 Å². The molecule has 0 saturated heterocycles. The van der Waals surface area contributed by atoms with Crippen molar-refractivity contribution in [3.05, 3.63) is 206 Å². The normalized spacial score (nSPS) is 11.7. The highest BCUT2D eigenvalue weighted by molar-refractivity contribution is 6.23. The topological polar surface area (TPSA) is 13.1 Å². The number of para-hydroxylation sites is 1. The predicted octanol–water partition coefficient (Wildman–Crippen LogP) is 15.7. The lowest BCUT2D eigenvalue weighted by atomic mass is 9.83. The average Bonchev–Trinajstić information content (AvgIpc) is 3.63. The molecule has 1 heterocycles. The molecule has 11 rings (SSSR count). The summed E-state index contributed by atoms with van der Waals surface area (Å²) in [6.45, 7) is 2.20. The van der Waals surface area contributed by atoms with E-state index < -0.39 is 0 Å². The maximum Gasteiger partial charge on any atom is 0.135 e. The number of fused-ring (bicyclic) bond motifs is 6. The molecule has 262 valence electrons.